The summed E-state index contributed by atoms with van der Waals surface area (Å²) in [4.78, 5) is 33.0. The van der Waals surface area contributed by atoms with E-state index in [9.17, 15) is 14.7 Å². The Balaban J connectivity index is 1.41. The number of aromatic nitrogens is 1. The van der Waals surface area contributed by atoms with Gasteiger partial charge >= 0.3 is 5.97 Å². The number of aromatic hydroxyl groups is 1. The number of methoxy groups -OCH3 is 1. The van der Waals surface area contributed by atoms with Crippen molar-refractivity contribution in [2.24, 2.45) is 0 Å². The lowest BCUT2D eigenvalue weighted by Crippen LogP contribution is -2.27. The fourth-order valence-corrected chi connectivity index (χ4v) is 5.66. The van der Waals surface area contributed by atoms with Crippen molar-refractivity contribution in [2.75, 3.05) is 12.4 Å². The number of pyridine rings is 1. The Labute approximate surface area is 255 Å². The Morgan fingerprint density at radius 2 is 1.68 bits per heavy atom. The molecule has 220 valence electrons. The zero-order chi connectivity index (χ0) is 30.6. The van der Waals surface area contributed by atoms with Crippen LogP contribution in [0.15, 0.2) is 97.1 Å². The largest absolute Gasteiger partial charge is 0.508 e. The molecule has 4 aromatic carbocycles. The fraction of sp³-hybridized carbons (Fsp3) is 0.162. The molecule has 0 saturated carbocycles. The van der Waals surface area contributed by atoms with Gasteiger partial charge in [-0.2, -0.15) is 0 Å². The van der Waals surface area contributed by atoms with Crippen LogP contribution in [0.25, 0.3) is 22.6 Å². The van der Waals surface area contributed by atoms with Crippen LogP contribution < -0.4 is 10.1 Å². The molecule has 0 spiro atoms. The molecule has 0 radical (unpaired) electrons. The first-order valence-corrected chi connectivity index (χ1v) is 14.5. The molecule has 1 amide bonds. The van der Waals surface area contributed by atoms with Crippen LogP contribution in [-0.2, 0) is 16.0 Å². The number of carbonyl (C=O) groups is 2. The highest BCUT2D eigenvalue weighted by Gasteiger charge is 2.31. The van der Waals surface area contributed by atoms with Crippen LogP contribution in [0.4, 0.5) is 5.69 Å². The van der Waals surface area contributed by atoms with E-state index in [-0.39, 0.29) is 5.75 Å². The molecule has 1 unspecified atom stereocenters. The standard InChI is InChI=1S/C37H32N2O5/c1-23-15-20-32(43-2)31(21-23)39-36(41)35(25-9-4-3-5-10-25)44-37(42)33-28-12-6-7-14-30(28)38-34-26(11-8-13-29(33)34)22-24-16-18-27(40)19-17-24/h3-7,9-10,12,14-22,35,40H,8,11,13H2,1-2H3,(H,39,41). The van der Waals surface area contributed by atoms with Crippen LogP contribution in [0.2, 0.25) is 0 Å². The molecule has 1 aromatic heterocycles. The number of esters is 1. The Kier molecular flexibility index (Phi) is 8.10. The van der Waals surface area contributed by atoms with E-state index in [0.717, 1.165) is 40.8 Å². The van der Waals surface area contributed by atoms with Gasteiger partial charge < -0.3 is 19.9 Å². The SMILES string of the molecule is COc1ccc(C)cc1NC(=O)C(OC(=O)c1c2c(nc3ccccc13)C(=Cc1ccc(O)cc1)CCC2)c1ccccc1. The number of phenols is 1. The van der Waals surface area contributed by atoms with Crippen LogP contribution >= 0.6 is 0 Å². The van der Waals surface area contributed by atoms with Crippen molar-refractivity contribution in [1.29, 1.82) is 0 Å². The van der Waals surface area contributed by atoms with Gasteiger partial charge in [0.15, 0.2) is 0 Å². The summed E-state index contributed by atoms with van der Waals surface area (Å²) in [5.41, 5.74) is 6.55. The molecule has 0 saturated heterocycles. The lowest BCUT2D eigenvalue weighted by molar-refractivity contribution is -0.125. The summed E-state index contributed by atoms with van der Waals surface area (Å²) in [7, 11) is 1.54. The molecule has 0 fully saturated rings. The van der Waals surface area contributed by atoms with Crippen LogP contribution in [-0.4, -0.2) is 29.1 Å². The second-order valence-corrected chi connectivity index (χ2v) is 10.8. The highest BCUT2D eigenvalue weighted by molar-refractivity contribution is 6.08. The third-order valence-electron chi connectivity index (χ3n) is 7.79. The fourth-order valence-electron chi connectivity index (χ4n) is 5.66. The molecule has 7 heteroatoms. The number of hydrogen-bond donors (Lipinski definition) is 2. The summed E-state index contributed by atoms with van der Waals surface area (Å²) >= 11 is 0. The highest BCUT2D eigenvalue weighted by Crippen LogP contribution is 2.37. The van der Waals surface area contributed by atoms with E-state index in [1.54, 1.807) is 42.5 Å². The number of amides is 1. The molecule has 2 N–H and O–H groups in total. The van der Waals surface area contributed by atoms with Crippen LogP contribution in [0.3, 0.4) is 0 Å². The van der Waals surface area contributed by atoms with Crippen molar-refractivity contribution < 1.29 is 24.2 Å². The number of nitrogens with one attached hydrogen (secondary N) is 1. The molecule has 0 bridgehead atoms. The number of benzene rings is 4. The number of nitrogens with zero attached hydrogens (tertiary/aromatic N) is 1. The molecule has 6 rings (SSSR count). The second-order valence-electron chi connectivity index (χ2n) is 10.8. The first kappa shape index (κ1) is 28.7. The molecule has 5 aromatic rings. The van der Waals surface area contributed by atoms with Gasteiger partial charge in [-0.1, -0.05) is 66.7 Å². The number of carbonyl (C=O) groups excluding carboxylic acids is 2. The quantitative estimate of drug-likeness (QED) is 0.191. The van der Waals surface area contributed by atoms with Gasteiger partial charge in [0.1, 0.15) is 11.5 Å². The lowest BCUT2D eigenvalue weighted by atomic mass is 9.86. The molecule has 1 atom stereocenters. The predicted octanol–water partition coefficient (Wildman–Crippen LogP) is 7.67. The molecule has 44 heavy (non-hydrogen) atoms. The van der Waals surface area contributed by atoms with Crippen molar-refractivity contribution in [1.82, 2.24) is 4.98 Å². The molecular weight excluding hydrogens is 552 g/mol. The number of phenolic OH excluding ortho intramolecular Hbond substituents is 1. The van der Waals surface area contributed by atoms with E-state index in [0.29, 0.717) is 39.9 Å². The number of aryl methyl sites for hydroxylation is 1. The maximum Gasteiger partial charge on any atom is 0.340 e. The van der Waals surface area contributed by atoms with Crippen molar-refractivity contribution in [3.63, 3.8) is 0 Å². The zero-order valence-electron chi connectivity index (χ0n) is 24.5. The summed E-state index contributed by atoms with van der Waals surface area (Å²) in [6, 6.07) is 29.0. The van der Waals surface area contributed by atoms with E-state index >= 15 is 0 Å². The highest BCUT2D eigenvalue weighted by atomic mass is 16.5. The maximum atomic E-state index is 14.2. The van der Waals surface area contributed by atoms with Gasteiger partial charge in [0, 0.05) is 10.9 Å². The van der Waals surface area contributed by atoms with Gasteiger partial charge in [-0.05, 0) is 84.9 Å². The van der Waals surface area contributed by atoms with Crippen molar-refractivity contribution in [3.05, 3.63) is 131 Å². The van der Waals surface area contributed by atoms with E-state index < -0.39 is 18.0 Å². The molecular formula is C37H32N2O5. The average molecular weight is 585 g/mol. The van der Waals surface area contributed by atoms with Gasteiger partial charge in [0.05, 0.1) is 29.6 Å². The number of ether oxygens (including phenoxy) is 2. The molecule has 7 nitrogen and oxygen atoms in total. The van der Waals surface area contributed by atoms with Crippen molar-refractivity contribution in [3.8, 4) is 11.5 Å². The van der Waals surface area contributed by atoms with Gasteiger partial charge in [0.25, 0.3) is 5.91 Å². The number of para-hydroxylation sites is 1. The molecule has 0 aliphatic heterocycles. The monoisotopic (exact) mass is 584 g/mol. The number of fused-ring (bicyclic) bond motifs is 2. The van der Waals surface area contributed by atoms with E-state index in [1.165, 1.54) is 7.11 Å². The normalized spacial score (nSPS) is 14.1. The minimum absolute atomic E-state index is 0.197. The zero-order valence-corrected chi connectivity index (χ0v) is 24.5. The van der Waals surface area contributed by atoms with Gasteiger partial charge in [-0.3, -0.25) is 4.79 Å². The van der Waals surface area contributed by atoms with E-state index in [1.807, 2.05) is 67.6 Å². The van der Waals surface area contributed by atoms with Gasteiger partial charge in [0.2, 0.25) is 6.10 Å². The second kappa shape index (κ2) is 12.4. The Morgan fingerprint density at radius 1 is 0.932 bits per heavy atom. The molecule has 1 aliphatic carbocycles. The average Bonchev–Trinajstić information content (AvgIpc) is 3.04. The minimum Gasteiger partial charge on any atom is -0.508 e. The van der Waals surface area contributed by atoms with Crippen LogP contribution in [0.1, 0.15) is 57.3 Å². The Morgan fingerprint density at radius 3 is 2.45 bits per heavy atom. The summed E-state index contributed by atoms with van der Waals surface area (Å²) in [5.74, 6) is -0.382. The summed E-state index contributed by atoms with van der Waals surface area (Å²) < 4.78 is 11.6. The first-order valence-electron chi connectivity index (χ1n) is 14.5. The summed E-state index contributed by atoms with van der Waals surface area (Å²) in [5, 5.41) is 13.3. The van der Waals surface area contributed by atoms with Crippen LogP contribution in [0.5, 0.6) is 11.5 Å². The maximum absolute atomic E-state index is 14.2. The van der Waals surface area contributed by atoms with Crippen LogP contribution in [0, 0.1) is 6.92 Å². The van der Waals surface area contributed by atoms with Gasteiger partial charge in [-0.15, -0.1) is 0 Å². The van der Waals surface area contributed by atoms with Gasteiger partial charge in [-0.25, -0.2) is 9.78 Å². The topological polar surface area (TPSA) is 97.8 Å². The predicted molar refractivity (Wildman–Crippen MR) is 172 cm³/mol. The van der Waals surface area contributed by atoms with Crippen molar-refractivity contribution in [2.45, 2.75) is 32.3 Å². The number of rotatable bonds is 7. The molecule has 1 heterocycles. The lowest BCUT2D eigenvalue weighted by Gasteiger charge is -2.24. The third kappa shape index (κ3) is 5.90. The smallest absolute Gasteiger partial charge is 0.340 e. The minimum atomic E-state index is -1.22. The van der Waals surface area contributed by atoms with E-state index in [4.69, 9.17) is 14.5 Å². The number of hydrogen-bond acceptors (Lipinski definition) is 6. The number of anilines is 1. The number of allylic oxidation sites excluding steroid dienone is 1. The Bertz CT molecular complexity index is 1880. The van der Waals surface area contributed by atoms with Crippen molar-refractivity contribution >= 4 is 40.1 Å². The molecule has 1 aliphatic rings. The first-order chi connectivity index (χ1) is 21.4. The summed E-state index contributed by atoms with van der Waals surface area (Å²) in [6.07, 6.45) is 3.09. The van der Waals surface area contributed by atoms with E-state index in [2.05, 4.69) is 5.32 Å². The Hall–Kier alpha value is -5.43. The third-order valence-corrected chi connectivity index (χ3v) is 7.79. The summed E-state index contributed by atoms with van der Waals surface area (Å²) in [6.45, 7) is 1.92.